The summed E-state index contributed by atoms with van der Waals surface area (Å²) in [7, 11) is 0. The number of nitrogens with one attached hydrogen (secondary N) is 2. The van der Waals surface area contributed by atoms with Gasteiger partial charge in [0.25, 0.3) is 5.91 Å². The number of carbonyl (C=O) groups excluding carboxylic acids is 2. The lowest BCUT2D eigenvalue weighted by Crippen LogP contribution is -2.14. The van der Waals surface area contributed by atoms with Crippen LogP contribution in [0.25, 0.3) is 0 Å². The van der Waals surface area contributed by atoms with E-state index in [9.17, 15) is 9.59 Å². The first kappa shape index (κ1) is 17.3. The van der Waals surface area contributed by atoms with Crippen molar-refractivity contribution in [2.45, 2.75) is 13.8 Å². The molecule has 0 spiro atoms. The van der Waals surface area contributed by atoms with E-state index in [1.807, 2.05) is 37.3 Å². The standard InChI is InChI=1S/C20H18N4O2/c1-13-5-3-7-16(9-13)24-20(26)18-11-22-19(12-21-18)23-17-8-4-6-15(10-17)14(2)25/h3-12H,1-2H3,(H,22,23)(H,24,26). The average molecular weight is 346 g/mol. The van der Waals surface area contributed by atoms with Gasteiger partial charge in [-0.15, -0.1) is 0 Å². The van der Waals surface area contributed by atoms with E-state index >= 15 is 0 Å². The fourth-order valence-corrected chi connectivity index (χ4v) is 2.39. The molecule has 0 aliphatic carbocycles. The minimum absolute atomic E-state index is 0.0112. The van der Waals surface area contributed by atoms with Gasteiger partial charge in [0.2, 0.25) is 0 Å². The van der Waals surface area contributed by atoms with Crippen LogP contribution in [0.4, 0.5) is 17.2 Å². The van der Waals surface area contributed by atoms with Crippen LogP contribution >= 0.6 is 0 Å². The zero-order valence-corrected chi connectivity index (χ0v) is 14.5. The molecule has 0 fully saturated rings. The predicted molar refractivity (Wildman–Crippen MR) is 101 cm³/mol. The van der Waals surface area contributed by atoms with E-state index in [1.165, 1.54) is 19.3 Å². The summed E-state index contributed by atoms with van der Waals surface area (Å²) in [6.45, 7) is 3.47. The Morgan fingerprint density at radius 2 is 1.69 bits per heavy atom. The van der Waals surface area contributed by atoms with Crippen molar-refractivity contribution in [2.24, 2.45) is 0 Å². The number of nitrogens with zero attached hydrogens (tertiary/aromatic N) is 2. The van der Waals surface area contributed by atoms with Crippen LogP contribution in [0.1, 0.15) is 33.3 Å². The lowest BCUT2D eigenvalue weighted by atomic mass is 10.1. The number of carbonyl (C=O) groups is 2. The van der Waals surface area contributed by atoms with Crippen LogP contribution in [-0.2, 0) is 0 Å². The van der Waals surface area contributed by atoms with Crippen molar-refractivity contribution >= 4 is 28.9 Å². The number of anilines is 3. The third-order valence-electron chi connectivity index (χ3n) is 3.70. The lowest BCUT2D eigenvalue weighted by Gasteiger charge is -2.08. The number of rotatable bonds is 5. The maximum atomic E-state index is 12.2. The zero-order chi connectivity index (χ0) is 18.5. The Hall–Kier alpha value is -3.54. The van der Waals surface area contributed by atoms with Gasteiger partial charge in [0.1, 0.15) is 11.5 Å². The summed E-state index contributed by atoms with van der Waals surface area (Å²) in [6.07, 6.45) is 2.88. The Morgan fingerprint density at radius 1 is 0.923 bits per heavy atom. The normalized spacial score (nSPS) is 10.2. The van der Waals surface area contributed by atoms with Gasteiger partial charge in [-0.25, -0.2) is 9.97 Å². The predicted octanol–water partition coefficient (Wildman–Crippen LogP) is 3.98. The van der Waals surface area contributed by atoms with Crippen LogP contribution in [0.2, 0.25) is 0 Å². The molecule has 0 aliphatic heterocycles. The first-order chi connectivity index (χ1) is 12.5. The topological polar surface area (TPSA) is 84.0 Å². The van der Waals surface area contributed by atoms with E-state index in [0.717, 1.165) is 11.3 Å². The van der Waals surface area contributed by atoms with Gasteiger partial charge < -0.3 is 10.6 Å². The summed E-state index contributed by atoms with van der Waals surface area (Å²) in [5.74, 6) is 0.147. The van der Waals surface area contributed by atoms with Gasteiger partial charge in [0.15, 0.2) is 5.78 Å². The smallest absolute Gasteiger partial charge is 0.275 e. The van der Waals surface area contributed by atoms with E-state index in [0.29, 0.717) is 17.1 Å². The van der Waals surface area contributed by atoms with Crippen LogP contribution in [0.5, 0.6) is 0 Å². The maximum absolute atomic E-state index is 12.2. The van der Waals surface area contributed by atoms with Crippen molar-refractivity contribution in [1.82, 2.24) is 9.97 Å². The van der Waals surface area contributed by atoms with E-state index in [1.54, 1.807) is 18.2 Å². The number of Topliss-reactive ketones (excluding diaryl/α,β-unsaturated/α-hetero) is 1. The number of aryl methyl sites for hydroxylation is 1. The zero-order valence-electron chi connectivity index (χ0n) is 14.5. The Bertz CT molecular complexity index is 952. The number of amides is 1. The van der Waals surface area contributed by atoms with Crippen molar-refractivity contribution in [3.63, 3.8) is 0 Å². The Kier molecular flexibility index (Phi) is 5.03. The summed E-state index contributed by atoms with van der Waals surface area (Å²) in [6, 6.07) is 14.6. The molecule has 2 N–H and O–H groups in total. The minimum Gasteiger partial charge on any atom is -0.339 e. The fraction of sp³-hybridized carbons (Fsp3) is 0.100. The molecule has 0 saturated carbocycles. The van der Waals surface area contributed by atoms with Gasteiger partial charge in [0, 0.05) is 16.9 Å². The first-order valence-electron chi connectivity index (χ1n) is 8.09. The molecule has 0 radical (unpaired) electrons. The quantitative estimate of drug-likeness (QED) is 0.683. The number of hydrogen-bond donors (Lipinski definition) is 2. The van der Waals surface area contributed by atoms with Gasteiger partial charge in [-0.3, -0.25) is 9.59 Å². The largest absolute Gasteiger partial charge is 0.339 e. The second-order valence-corrected chi connectivity index (χ2v) is 5.87. The van der Waals surface area contributed by atoms with Crippen molar-refractivity contribution < 1.29 is 9.59 Å². The Balaban J connectivity index is 1.69. The van der Waals surface area contributed by atoms with E-state index in [4.69, 9.17) is 0 Å². The molecule has 26 heavy (non-hydrogen) atoms. The molecule has 1 aromatic heterocycles. The van der Waals surface area contributed by atoms with Crippen LogP contribution in [0, 0.1) is 6.92 Å². The Morgan fingerprint density at radius 3 is 2.38 bits per heavy atom. The molecule has 1 amide bonds. The van der Waals surface area contributed by atoms with E-state index < -0.39 is 0 Å². The monoisotopic (exact) mass is 346 g/mol. The molecule has 1 heterocycles. The first-order valence-corrected chi connectivity index (χ1v) is 8.09. The highest BCUT2D eigenvalue weighted by molar-refractivity contribution is 6.02. The second-order valence-electron chi connectivity index (χ2n) is 5.87. The van der Waals surface area contributed by atoms with Gasteiger partial charge >= 0.3 is 0 Å². The van der Waals surface area contributed by atoms with Crippen LogP contribution in [0.3, 0.4) is 0 Å². The van der Waals surface area contributed by atoms with Crippen LogP contribution in [0.15, 0.2) is 60.9 Å². The summed E-state index contributed by atoms with van der Waals surface area (Å²) >= 11 is 0. The van der Waals surface area contributed by atoms with Gasteiger partial charge in [0.05, 0.1) is 12.4 Å². The molecule has 3 rings (SSSR count). The summed E-state index contributed by atoms with van der Waals surface area (Å²) in [5.41, 5.74) is 3.32. The summed E-state index contributed by atoms with van der Waals surface area (Å²) in [5, 5.41) is 5.85. The SMILES string of the molecule is CC(=O)c1cccc(Nc2cnc(C(=O)Nc3cccc(C)c3)cn2)c1. The number of aromatic nitrogens is 2. The average Bonchev–Trinajstić information content (AvgIpc) is 2.62. The summed E-state index contributed by atoms with van der Waals surface area (Å²) in [4.78, 5) is 32.0. The number of benzene rings is 2. The molecule has 6 nitrogen and oxygen atoms in total. The fourth-order valence-electron chi connectivity index (χ4n) is 2.39. The molecule has 6 heteroatoms. The lowest BCUT2D eigenvalue weighted by molar-refractivity contribution is 0.101. The number of hydrogen-bond acceptors (Lipinski definition) is 5. The van der Waals surface area contributed by atoms with Crippen molar-refractivity contribution in [1.29, 1.82) is 0 Å². The van der Waals surface area contributed by atoms with E-state index in [-0.39, 0.29) is 17.4 Å². The number of ketones is 1. The van der Waals surface area contributed by atoms with Crippen LogP contribution in [-0.4, -0.2) is 21.7 Å². The third kappa shape index (κ3) is 4.30. The molecule has 0 unspecified atom stereocenters. The molecular formula is C20H18N4O2. The molecule has 0 saturated heterocycles. The molecular weight excluding hydrogens is 328 g/mol. The third-order valence-corrected chi connectivity index (χ3v) is 3.70. The molecule has 0 bridgehead atoms. The molecule has 0 atom stereocenters. The Labute approximate surface area is 151 Å². The van der Waals surface area contributed by atoms with E-state index in [2.05, 4.69) is 20.6 Å². The minimum atomic E-state index is -0.326. The summed E-state index contributed by atoms with van der Waals surface area (Å²) < 4.78 is 0. The maximum Gasteiger partial charge on any atom is 0.275 e. The van der Waals surface area contributed by atoms with Crippen LogP contribution < -0.4 is 10.6 Å². The molecule has 2 aromatic carbocycles. The highest BCUT2D eigenvalue weighted by Gasteiger charge is 2.09. The van der Waals surface area contributed by atoms with Gasteiger partial charge in [-0.1, -0.05) is 24.3 Å². The molecule has 3 aromatic rings. The highest BCUT2D eigenvalue weighted by Crippen LogP contribution is 2.16. The van der Waals surface area contributed by atoms with Gasteiger partial charge in [-0.2, -0.15) is 0 Å². The highest BCUT2D eigenvalue weighted by atomic mass is 16.2. The second kappa shape index (κ2) is 7.57. The molecule has 0 aliphatic rings. The van der Waals surface area contributed by atoms with Gasteiger partial charge in [-0.05, 0) is 43.7 Å². The molecule has 130 valence electrons. The van der Waals surface area contributed by atoms with Crippen molar-refractivity contribution in [3.8, 4) is 0 Å². The van der Waals surface area contributed by atoms with Crippen molar-refractivity contribution in [3.05, 3.63) is 77.7 Å². The van der Waals surface area contributed by atoms with Crippen molar-refractivity contribution in [2.75, 3.05) is 10.6 Å².